The van der Waals surface area contributed by atoms with E-state index in [2.05, 4.69) is 0 Å². The molecule has 116 heavy (non-hydrogen) atoms. The Morgan fingerprint density at radius 3 is 0.716 bits per heavy atom. The fraction of sp³-hybridized carbons (Fsp3) is 0.213. The highest BCUT2D eigenvalue weighted by Crippen LogP contribution is 2.59. The highest BCUT2D eigenvalue weighted by Gasteiger charge is 2.48. The third kappa shape index (κ3) is 15.3. The Labute approximate surface area is 673 Å². The van der Waals surface area contributed by atoms with Gasteiger partial charge in [0.2, 0.25) is 0 Å². The maximum Gasteiger partial charge on any atom is 0.503 e. The van der Waals surface area contributed by atoms with Crippen molar-refractivity contribution in [2.75, 3.05) is 55.9 Å². The van der Waals surface area contributed by atoms with Gasteiger partial charge in [0.25, 0.3) is 23.6 Å². The number of esters is 2. The van der Waals surface area contributed by atoms with E-state index in [1.165, 1.54) is 42.7 Å². The van der Waals surface area contributed by atoms with Gasteiger partial charge >= 0.3 is 29.5 Å². The van der Waals surface area contributed by atoms with Gasteiger partial charge in [0.1, 0.15) is 58.1 Å². The van der Waals surface area contributed by atoms with Crippen LogP contribution in [0.3, 0.4) is 0 Å². The van der Waals surface area contributed by atoms with E-state index in [-0.39, 0.29) is 138 Å². The lowest BCUT2D eigenvalue weighted by Crippen LogP contribution is -2.52. The third-order valence-electron chi connectivity index (χ3n) is 21.4. The van der Waals surface area contributed by atoms with E-state index < -0.39 is 65.3 Å². The molecule has 2 aliphatic heterocycles. The lowest BCUT2D eigenvalue weighted by molar-refractivity contribution is -0.149. The van der Waals surface area contributed by atoms with Gasteiger partial charge in [0, 0.05) is 85.7 Å². The molecular formula is C94H86N2O18Si2. The van der Waals surface area contributed by atoms with Gasteiger partial charge in [-0.15, -0.1) is 0 Å². The predicted molar refractivity (Wildman–Crippen MR) is 448 cm³/mol. The van der Waals surface area contributed by atoms with Crippen LogP contribution in [0, 0.1) is 11.8 Å². The summed E-state index contributed by atoms with van der Waals surface area (Å²) in [7, 11) is 2.04. The molecule has 0 saturated heterocycles. The molecule has 4 amide bonds. The summed E-state index contributed by atoms with van der Waals surface area (Å²) < 4.78 is 75.9. The third-order valence-corrected chi connectivity index (χ3v) is 26.8. The molecule has 0 spiro atoms. The van der Waals surface area contributed by atoms with Crippen LogP contribution in [0.1, 0.15) is 82.0 Å². The summed E-state index contributed by atoms with van der Waals surface area (Å²) in [6.45, 7) is 7.02. The number of imide groups is 2. The summed E-state index contributed by atoms with van der Waals surface area (Å²) in [5.74, 6) is -4.34. The molecule has 0 radical (unpaired) electrons. The molecule has 22 heteroatoms. The molecule has 2 heterocycles. The molecule has 0 fully saturated rings. The number of carbonyl (C=O) groups is 6. The summed E-state index contributed by atoms with van der Waals surface area (Å²) in [6, 6.07) is 72.4. The number of benzene rings is 13. The van der Waals surface area contributed by atoms with E-state index >= 15 is 28.8 Å². The van der Waals surface area contributed by atoms with Crippen molar-refractivity contribution in [1.82, 2.24) is 9.80 Å². The zero-order valence-electron chi connectivity index (χ0n) is 65.9. The molecule has 0 aliphatic carbocycles. The fourth-order valence-electron chi connectivity index (χ4n) is 15.7. The number of carbonyl (C=O) groups excluding carboxylic acids is 6. The lowest BCUT2D eigenvalue weighted by Gasteiger charge is -2.36. The molecule has 588 valence electrons. The highest BCUT2D eigenvalue weighted by molar-refractivity contribution is 6.61. The van der Waals surface area contributed by atoms with Crippen molar-refractivity contribution in [3.05, 3.63) is 265 Å². The summed E-state index contributed by atoms with van der Waals surface area (Å²) in [5, 5.41) is 1.70. The van der Waals surface area contributed by atoms with Gasteiger partial charge in [0.15, 0.2) is 0 Å². The lowest BCUT2D eigenvalue weighted by atomic mass is 9.80. The number of rotatable bonds is 32. The van der Waals surface area contributed by atoms with Crippen LogP contribution in [-0.4, -0.2) is 131 Å². The van der Waals surface area contributed by atoms with Crippen molar-refractivity contribution >= 4 is 96.3 Å². The van der Waals surface area contributed by atoms with E-state index in [1.54, 1.807) is 72.8 Å². The smallest absolute Gasteiger partial charge is 0.464 e. The van der Waals surface area contributed by atoms with E-state index in [0.29, 0.717) is 23.0 Å². The zero-order chi connectivity index (χ0) is 81.1. The second-order valence-electron chi connectivity index (χ2n) is 29.3. The Kier molecular flexibility index (Phi) is 22.9. The number of nitrogens with zero attached hydrogens (tertiary/aromatic N) is 2. The van der Waals surface area contributed by atoms with E-state index in [4.69, 9.17) is 55.0 Å². The average Bonchev–Trinajstić information content (AvgIpc) is 0.670. The zero-order valence-corrected chi connectivity index (χ0v) is 67.9. The predicted octanol–water partition coefficient (Wildman–Crippen LogP) is 20.4. The second-order valence-corrected chi connectivity index (χ2v) is 35.5. The first-order valence-electron chi connectivity index (χ1n) is 38.4. The average molecular weight is 1590 g/mol. The topological polar surface area (TPSA) is 220 Å². The Bertz CT molecular complexity index is 5160. The van der Waals surface area contributed by atoms with Gasteiger partial charge in [-0.2, -0.15) is 0 Å². The fourth-order valence-corrected chi connectivity index (χ4v) is 18.6. The minimum absolute atomic E-state index is 0.0197. The maximum absolute atomic E-state index is 16.6. The van der Waals surface area contributed by atoms with Crippen molar-refractivity contribution in [1.29, 1.82) is 0 Å². The Hall–Kier alpha value is -12.2. The van der Waals surface area contributed by atoms with E-state index in [9.17, 15) is 0 Å². The van der Waals surface area contributed by atoms with Crippen LogP contribution < -0.4 is 18.9 Å². The quantitative estimate of drug-likeness (QED) is 0.0126. The molecule has 2 unspecified atom stereocenters. The molecule has 2 aliphatic rings. The molecule has 13 aromatic carbocycles. The van der Waals surface area contributed by atoms with Gasteiger partial charge in [-0.1, -0.05) is 198 Å². The molecular weight excluding hydrogens is 1500 g/mol. The van der Waals surface area contributed by atoms with Crippen molar-refractivity contribution in [3.63, 3.8) is 0 Å². The number of ether oxygens (including phenoxy) is 6. The first-order valence-corrected chi connectivity index (χ1v) is 42.3. The van der Waals surface area contributed by atoms with Crippen LogP contribution in [0.4, 0.5) is 0 Å². The Morgan fingerprint density at radius 1 is 0.293 bits per heavy atom. The van der Waals surface area contributed by atoms with Crippen molar-refractivity contribution in [2.45, 2.75) is 64.7 Å². The van der Waals surface area contributed by atoms with Gasteiger partial charge in [-0.25, -0.2) is 9.59 Å². The Morgan fingerprint density at radius 2 is 0.509 bits per heavy atom. The molecule has 15 rings (SSSR count). The minimum Gasteiger partial charge on any atom is -0.464 e. The molecule has 0 N–H and O–H groups in total. The first-order chi connectivity index (χ1) is 56.3. The van der Waals surface area contributed by atoms with E-state index in [0.717, 1.165) is 54.3 Å². The molecule has 13 aromatic rings. The van der Waals surface area contributed by atoms with Crippen LogP contribution in [0.15, 0.2) is 243 Å². The molecule has 2 atom stereocenters. The van der Waals surface area contributed by atoms with Crippen LogP contribution in [0.5, 0.6) is 46.0 Å². The van der Waals surface area contributed by atoms with Crippen LogP contribution in [0.2, 0.25) is 12.1 Å². The van der Waals surface area contributed by atoms with Crippen LogP contribution in [0.25, 0.3) is 87.6 Å². The van der Waals surface area contributed by atoms with Crippen molar-refractivity contribution in [2.24, 2.45) is 11.8 Å². The monoisotopic (exact) mass is 1590 g/mol. The normalized spacial score (nSPS) is 13.5. The highest BCUT2D eigenvalue weighted by atomic mass is 28.4. The van der Waals surface area contributed by atoms with Crippen LogP contribution >= 0.6 is 0 Å². The Balaban J connectivity index is 1.06. The second kappa shape index (κ2) is 33.7. The number of hydrogen-bond donors (Lipinski definition) is 0. The summed E-state index contributed by atoms with van der Waals surface area (Å²) in [6.07, 6.45) is -0.0394. The standard InChI is InChI=1S/C94H86N2O18Si2/c1-57(2)51-75(93(101)109-47-49-115(103-5,104-6)105-7)95-89(97)71-53-77(111-67-39-31-63(32-40-67)59-23-15-11-16-24-59)83-85-79(113-69-43-35-65(36-44-69)61-27-19-13-20-28-61)55-73-82-74(92(100)96(91(73)99)76(52-58(3)4)94(102)110-48-50-116(106-8,107-9)108-10)56-80(114-70-45-37-66(38-46-70)62-29-21-14-22-30-62)86(88(82)85)84-78(54-72(90(95)98)81(71)87(83)84)112-68-41-33-64(34-42-68)60-25-17-12-18-26-60/h11-46,53-58,75-76H,47-52H2,1-10H3. The molecule has 0 saturated carbocycles. The van der Waals surface area contributed by atoms with Gasteiger partial charge in [0.05, 0.1) is 47.6 Å². The summed E-state index contributed by atoms with van der Waals surface area (Å²) in [4.78, 5) is 98.7. The van der Waals surface area contributed by atoms with Gasteiger partial charge in [-0.3, -0.25) is 29.0 Å². The van der Waals surface area contributed by atoms with Gasteiger partial charge < -0.3 is 55.0 Å². The first kappa shape index (κ1) is 79.0. The van der Waals surface area contributed by atoms with Gasteiger partial charge in [-0.05, 0) is 142 Å². The molecule has 0 aromatic heterocycles. The SMILES string of the molecule is CO[Si](CCOC(=O)C(CC(C)C)N1C(=O)c2cc(Oc3ccc(-c4ccccc4)cc3)c3c4c(Oc5ccc(-c6ccccc6)cc5)cc5c6c(cc(Oc7ccc(-c8ccccc8)cc7)c(c7c(Oc8ccc(-c9ccccc9)cc8)cc(c2c37)C1=O)c64)C(=O)N(C(CC(C)C)C(=O)OCC[Si](OC)(OC)OC)C5=O)(OC)OC. The number of hydrogen-bond acceptors (Lipinski definition) is 18. The summed E-state index contributed by atoms with van der Waals surface area (Å²) in [5.41, 5.74) is 7.04. The molecule has 0 bridgehead atoms. The molecule has 20 nitrogen and oxygen atoms in total. The number of fused-ring (bicyclic) bond motifs is 2. The van der Waals surface area contributed by atoms with Crippen molar-refractivity contribution < 1.29 is 83.7 Å². The van der Waals surface area contributed by atoms with Crippen LogP contribution in [-0.2, 0) is 45.6 Å². The minimum atomic E-state index is -3.32. The number of amides is 4. The largest absolute Gasteiger partial charge is 0.503 e. The van der Waals surface area contributed by atoms with Crippen molar-refractivity contribution in [3.8, 4) is 90.5 Å². The maximum atomic E-state index is 16.6. The summed E-state index contributed by atoms with van der Waals surface area (Å²) >= 11 is 0. The van der Waals surface area contributed by atoms with E-state index in [1.807, 2.05) is 198 Å².